The first-order valence-electron chi connectivity index (χ1n) is 13.8. The number of carboxylic acids is 1. The Hall–Kier alpha value is -3.00. The monoisotopic (exact) mass is 508 g/mol. The van der Waals surface area contributed by atoms with Gasteiger partial charge in [0.15, 0.2) is 0 Å². The highest BCUT2D eigenvalue weighted by Crippen LogP contribution is 2.41. The number of benzene rings is 1. The van der Waals surface area contributed by atoms with Gasteiger partial charge in [-0.1, -0.05) is 38.8 Å². The number of aryl methyl sites for hydroxylation is 1. The van der Waals surface area contributed by atoms with Crippen LogP contribution in [0.2, 0.25) is 0 Å². The molecule has 0 spiro atoms. The van der Waals surface area contributed by atoms with E-state index >= 15 is 0 Å². The van der Waals surface area contributed by atoms with Gasteiger partial charge in [0, 0.05) is 56.8 Å². The molecule has 2 aromatic rings. The van der Waals surface area contributed by atoms with Crippen molar-refractivity contribution in [1.29, 1.82) is 0 Å². The van der Waals surface area contributed by atoms with Gasteiger partial charge in [-0.25, -0.2) is 9.97 Å². The summed E-state index contributed by atoms with van der Waals surface area (Å²) in [5.74, 6) is 0.0539. The fourth-order valence-corrected chi connectivity index (χ4v) is 5.70. The number of carbonyl (C=O) groups is 2. The number of hydrogen-bond acceptors (Lipinski definition) is 6. The molecule has 1 saturated heterocycles. The van der Waals surface area contributed by atoms with Crippen molar-refractivity contribution in [2.45, 2.75) is 70.8 Å². The second-order valence-corrected chi connectivity index (χ2v) is 10.2. The summed E-state index contributed by atoms with van der Waals surface area (Å²) >= 11 is 0. The van der Waals surface area contributed by atoms with E-state index in [0.29, 0.717) is 31.8 Å². The Morgan fingerprint density at radius 2 is 1.86 bits per heavy atom. The number of aromatic nitrogens is 2. The molecule has 0 saturated carbocycles. The second kappa shape index (κ2) is 13.0. The summed E-state index contributed by atoms with van der Waals surface area (Å²) in [5.41, 5.74) is 2.15. The summed E-state index contributed by atoms with van der Waals surface area (Å²) in [5, 5.41) is 10.4. The van der Waals surface area contributed by atoms with Gasteiger partial charge in [0.2, 0.25) is 5.91 Å². The summed E-state index contributed by atoms with van der Waals surface area (Å²) in [4.78, 5) is 39.0. The number of hydrogen-bond donors (Lipinski definition) is 1. The minimum atomic E-state index is -0.815. The summed E-state index contributed by atoms with van der Waals surface area (Å²) in [7, 11) is 0. The molecule has 1 aromatic carbocycles. The zero-order chi connectivity index (χ0) is 26.2. The summed E-state index contributed by atoms with van der Waals surface area (Å²) in [6.45, 7) is 7.21. The van der Waals surface area contributed by atoms with E-state index in [1.54, 1.807) is 18.5 Å². The molecule has 0 unspecified atom stereocenters. The number of nitrogens with zero attached hydrogens (tertiary/aromatic N) is 4. The minimum absolute atomic E-state index is 0.0926. The van der Waals surface area contributed by atoms with E-state index in [0.717, 1.165) is 62.1 Å². The SMILES string of the molecule is CCCCN(CCCC)C(=O)CN1C[C@H](c2ccc3c(c2)CCO3)[C@@H](C(=O)O)[C@@H]1CCc1ncccn1. The Bertz CT molecular complexity index is 1040. The highest BCUT2D eigenvalue weighted by atomic mass is 16.5. The molecule has 1 N–H and O–H groups in total. The van der Waals surface area contributed by atoms with Crippen molar-refractivity contribution in [3.8, 4) is 5.75 Å². The van der Waals surface area contributed by atoms with Crippen molar-refractivity contribution in [3.63, 3.8) is 0 Å². The first kappa shape index (κ1) is 27.0. The lowest BCUT2D eigenvalue weighted by Gasteiger charge is -2.29. The fraction of sp³-hybridized carbons (Fsp3) is 0.586. The highest BCUT2D eigenvalue weighted by Gasteiger charge is 2.47. The number of unbranched alkanes of at least 4 members (excludes halogenated alkanes) is 2. The first-order valence-corrected chi connectivity index (χ1v) is 13.8. The van der Waals surface area contributed by atoms with Crippen molar-refractivity contribution >= 4 is 11.9 Å². The predicted molar refractivity (Wildman–Crippen MR) is 142 cm³/mol. The van der Waals surface area contributed by atoms with Gasteiger partial charge >= 0.3 is 5.97 Å². The summed E-state index contributed by atoms with van der Waals surface area (Å²) in [6.07, 6.45) is 9.43. The molecule has 0 bridgehead atoms. The van der Waals surface area contributed by atoms with Gasteiger partial charge in [-0.2, -0.15) is 0 Å². The Balaban J connectivity index is 1.59. The van der Waals surface area contributed by atoms with E-state index in [1.807, 2.05) is 17.0 Å². The van der Waals surface area contributed by atoms with Gasteiger partial charge in [-0.15, -0.1) is 0 Å². The van der Waals surface area contributed by atoms with Crippen LogP contribution in [-0.2, 0) is 22.4 Å². The van der Waals surface area contributed by atoms with E-state index < -0.39 is 11.9 Å². The largest absolute Gasteiger partial charge is 0.493 e. The number of rotatable bonds is 13. The van der Waals surface area contributed by atoms with E-state index in [2.05, 4.69) is 34.8 Å². The van der Waals surface area contributed by atoms with Gasteiger partial charge in [-0.05, 0) is 42.5 Å². The molecule has 1 aromatic heterocycles. The van der Waals surface area contributed by atoms with Crippen LogP contribution < -0.4 is 4.74 Å². The van der Waals surface area contributed by atoms with E-state index in [9.17, 15) is 14.7 Å². The standard InChI is InChI=1S/C29H40N4O4/c1-3-5-15-32(16-6-4-2)27(34)20-33-19-23(21-8-10-25-22(18-21)12-17-37-25)28(29(35)36)24(33)9-11-26-30-13-7-14-31-26/h7-8,10,13-14,18,23-24,28H,3-6,9,11-12,15-17,19-20H2,1-2H3,(H,35,36)/t23-,24+,28-/m1/s1. The molecule has 8 heteroatoms. The van der Waals surface area contributed by atoms with Gasteiger partial charge < -0.3 is 14.7 Å². The number of carboxylic acid groups (broad SMARTS) is 1. The normalized spacial score (nSPS) is 21.0. The summed E-state index contributed by atoms with van der Waals surface area (Å²) in [6, 6.07) is 7.58. The lowest BCUT2D eigenvalue weighted by atomic mass is 9.83. The van der Waals surface area contributed by atoms with Crippen molar-refractivity contribution in [2.24, 2.45) is 5.92 Å². The third-order valence-electron chi connectivity index (χ3n) is 7.71. The van der Waals surface area contributed by atoms with Crippen LogP contribution in [0.3, 0.4) is 0 Å². The second-order valence-electron chi connectivity index (χ2n) is 10.2. The molecule has 2 aliphatic rings. The first-order chi connectivity index (χ1) is 18.0. The maximum atomic E-state index is 13.5. The molecule has 1 fully saturated rings. The van der Waals surface area contributed by atoms with Crippen molar-refractivity contribution < 1.29 is 19.4 Å². The molecule has 3 atom stereocenters. The molecule has 0 radical (unpaired) electrons. The van der Waals surface area contributed by atoms with Crippen LogP contribution in [0, 0.1) is 5.92 Å². The average molecular weight is 509 g/mol. The smallest absolute Gasteiger partial charge is 0.308 e. The van der Waals surface area contributed by atoms with Crippen LogP contribution in [0.15, 0.2) is 36.7 Å². The predicted octanol–water partition coefficient (Wildman–Crippen LogP) is 3.94. The number of likely N-dealkylation sites (tertiary alicyclic amines) is 1. The lowest BCUT2D eigenvalue weighted by molar-refractivity contribution is -0.143. The molecule has 0 aliphatic carbocycles. The minimum Gasteiger partial charge on any atom is -0.493 e. The van der Waals surface area contributed by atoms with E-state index in [1.165, 1.54) is 0 Å². The molecule has 2 aliphatic heterocycles. The van der Waals surface area contributed by atoms with Crippen molar-refractivity contribution in [3.05, 3.63) is 53.6 Å². The molecule has 3 heterocycles. The summed E-state index contributed by atoms with van der Waals surface area (Å²) < 4.78 is 5.67. The quantitative estimate of drug-likeness (QED) is 0.438. The molecular formula is C29H40N4O4. The number of ether oxygens (including phenoxy) is 1. The van der Waals surface area contributed by atoms with Crippen LogP contribution in [0.1, 0.15) is 68.8 Å². The highest BCUT2D eigenvalue weighted by molar-refractivity contribution is 5.79. The number of amides is 1. The topological polar surface area (TPSA) is 95.9 Å². The Labute approximate surface area is 220 Å². The zero-order valence-electron chi connectivity index (χ0n) is 22.1. The maximum Gasteiger partial charge on any atom is 0.308 e. The fourth-order valence-electron chi connectivity index (χ4n) is 5.70. The van der Waals surface area contributed by atoms with Gasteiger partial charge in [-0.3, -0.25) is 14.5 Å². The average Bonchev–Trinajstić information content (AvgIpc) is 3.52. The molecular weight excluding hydrogens is 468 g/mol. The van der Waals surface area contributed by atoms with E-state index in [-0.39, 0.29) is 24.4 Å². The third-order valence-corrected chi connectivity index (χ3v) is 7.71. The van der Waals surface area contributed by atoms with E-state index in [4.69, 9.17) is 4.74 Å². The molecule has 8 nitrogen and oxygen atoms in total. The lowest BCUT2D eigenvalue weighted by Crippen LogP contribution is -2.44. The van der Waals surface area contributed by atoms with Crippen LogP contribution in [0.5, 0.6) is 5.75 Å². The van der Waals surface area contributed by atoms with Crippen LogP contribution >= 0.6 is 0 Å². The zero-order valence-corrected chi connectivity index (χ0v) is 22.1. The Morgan fingerprint density at radius 3 is 2.54 bits per heavy atom. The molecule has 200 valence electrons. The van der Waals surface area contributed by atoms with Crippen LogP contribution in [0.25, 0.3) is 0 Å². The number of aliphatic carboxylic acids is 1. The van der Waals surface area contributed by atoms with Gasteiger partial charge in [0.05, 0.1) is 19.1 Å². The molecule has 4 rings (SSSR count). The maximum absolute atomic E-state index is 13.5. The number of fused-ring (bicyclic) bond motifs is 1. The van der Waals surface area contributed by atoms with Gasteiger partial charge in [0.25, 0.3) is 0 Å². The van der Waals surface area contributed by atoms with Crippen LogP contribution in [0.4, 0.5) is 0 Å². The Kier molecular flexibility index (Phi) is 9.50. The van der Waals surface area contributed by atoms with Crippen molar-refractivity contribution in [1.82, 2.24) is 19.8 Å². The molecule has 37 heavy (non-hydrogen) atoms. The van der Waals surface area contributed by atoms with Gasteiger partial charge in [0.1, 0.15) is 11.6 Å². The van der Waals surface area contributed by atoms with Crippen molar-refractivity contribution in [2.75, 3.05) is 32.8 Å². The Morgan fingerprint density at radius 1 is 1.14 bits per heavy atom. The number of carbonyl (C=O) groups excluding carboxylic acids is 1. The van der Waals surface area contributed by atoms with Crippen LogP contribution in [-0.4, -0.2) is 75.6 Å². The third kappa shape index (κ3) is 6.66. The molecule has 1 amide bonds.